The number of halogens is 1. The summed E-state index contributed by atoms with van der Waals surface area (Å²) in [6.45, 7) is 2.62. The molecule has 0 fully saturated rings. The molecule has 1 aromatic carbocycles. The zero-order valence-corrected chi connectivity index (χ0v) is 11.3. The molecule has 0 saturated heterocycles. The molecular formula is C12H12BrNOS. The predicted octanol–water partition coefficient (Wildman–Crippen LogP) is 3.93. The summed E-state index contributed by atoms with van der Waals surface area (Å²) in [5.74, 6) is 0.928. The van der Waals surface area contributed by atoms with Gasteiger partial charge in [0.25, 0.3) is 0 Å². The van der Waals surface area contributed by atoms with Gasteiger partial charge in [-0.15, -0.1) is 11.3 Å². The van der Waals surface area contributed by atoms with Crippen LogP contribution in [-0.4, -0.2) is 4.98 Å². The fraction of sp³-hybridized carbons (Fsp3) is 0.250. The van der Waals surface area contributed by atoms with E-state index in [2.05, 4.69) is 40.0 Å². The Hall–Kier alpha value is -0.870. The predicted molar refractivity (Wildman–Crippen MR) is 70.3 cm³/mol. The molecule has 0 atom stereocenters. The van der Waals surface area contributed by atoms with Crippen LogP contribution in [0.4, 0.5) is 0 Å². The Morgan fingerprint density at radius 1 is 1.44 bits per heavy atom. The van der Waals surface area contributed by atoms with Crippen LogP contribution in [0.2, 0.25) is 0 Å². The fourth-order valence-corrected chi connectivity index (χ4v) is 2.38. The van der Waals surface area contributed by atoms with Gasteiger partial charge in [-0.2, -0.15) is 0 Å². The maximum atomic E-state index is 5.75. The molecule has 1 aromatic heterocycles. The largest absolute Gasteiger partial charge is 0.486 e. The number of aromatic nitrogens is 1. The Kier molecular flexibility index (Phi) is 3.96. The van der Waals surface area contributed by atoms with Gasteiger partial charge in [0.05, 0.1) is 0 Å². The van der Waals surface area contributed by atoms with Gasteiger partial charge in [0.15, 0.2) is 0 Å². The second-order valence-electron chi connectivity index (χ2n) is 3.46. The van der Waals surface area contributed by atoms with Crippen LogP contribution in [0, 0.1) is 6.92 Å². The van der Waals surface area contributed by atoms with Gasteiger partial charge in [-0.25, -0.2) is 4.98 Å². The first kappa shape index (κ1) is 11.6. The second kappa shape index (κ2) is 5.46. The standard InChI is InChI=1S/C12H12BrNOS/c1-9-2-3-11(10(6-9)7-13)15-8-12-14-4-5-16-12/h2-6H,7-8H2,1H3. The third-order valence-corrected chi connectivity index (χ3v) is 3.55. The van der Waals surface area contributed by atoms with Crippen molar-refractivity contribution in [1.82, 2.24) is 4.98 Å². The van der Waals surface area contributed by atoms with Crippen molar-refractivity contribution in [2.24, 2.45) is 0 Å². The average Bonchev–Trinajstić information content (AvgIpc) is 2.80. The van der Waals surface area contributed by atoms with Gasteiger partial charge >= 0.3 is 0 Å². The van der Waals surface area contributed by atoms with Crippen LogP contribution in [0.3, 0.4) is 0 Å². The van der Waals surface area contributed by atoms with Crippen LogP contribution < -0.4 is 4.74 Å². The molecule has 2 aromatic rings. The second-order valence-corrected chi connectivity index (χ2v) is 5.00. The molecule has 0 aliphatic rings. The minimum atomic E-state index is 0.542. The summed E-state index contributed by atoms with van der Waals surface area (Å²) in [5, 5.41) is 3.77. The van der Waals surface area contributed by atoms with Gasteiger partial charge in [-0.05, 0) is 13.0 Å². The molecular weight excluding hydrogens is 286 g/mol. The van der Waals surface area contributed by atoms with Crippen molar-refractivity contribution in [2.75, 3.05) is 0 Å². The molecule has 4 heteroatoms. The lowest BCUT2D eigenvalue weighted by molar-refractivity contribution is 0.303. The topological polar surface area (TPSA) is 22.1 Å². The fourth-order valence-electron chi connectivity index (χ4n) is 1.42. The van der Waals surface area contributed by atoms with Gasteiger partial charge in [-0.1, -0.05) is 33.6 Å². The smallest absolute Gasteiger partial charge is 0.140 e. The summed E-state index contributed by atoms with van der Waals surface area (Å²) in [7, 11) is 0. The van der Waals surface area contributed by atoms with E-state index in [0.29, 0.717) is 6.61 Å². The van der Waals surface area contributed by atoms with Crippen molar-refractivity contribution in [3.63, 3.8) is 0 Å². The number of aryl methyl sites for hydroxylation is 1. The summed E-state index contributed by atoms with van der Waals surface area (Å²) in [4.78, 5) is 4.19. The average molecular weight is 298 g/mol. The lowest BCUT2D eigenvalue weighted by Crippen LogP contribution is -1.97. The van der Waals surface area contributed by atoms with E-state index in [1.54, 1.807) is 17.5 Å². The van der Waals surface area contributed by atoms with E-state index >= 15 is 0 Å². The number of nitrogens with zero attached hydrogens (tertiary/aromatic N) is 1. The highest BCUT2D eigenvalue weighted by Gasteiger charge is 2.04. The van der Waals surface area contributed by atoms with E-state index < -0.39 is 0 Å². The first-order valence-electron chi connectivity index (χ1n) is 4.96. The Morgan fingerprint density at radius 3 is 3.00 bits per heavy atom. The normalized spacial score (nSPS) is 10.4. The molecule has 2 nitrogen and oxygen atoms in total. The first-order chi connectivity index (χ1) is 7.79. The molecule has 16 heavy (non-hydrogen) atoms. The summed E-state index contributed by atoms with van der Waals surface area (Å²) in [6, 6.07) is 6.20. The molecule has 0 unspecified atom stereocenters. The SMILES string of the molecule is Cc1ccc(OCc2nccs2)c(CBr)c1. The van der Waals surface area contributed by atoms with Gasteiger partial charge in [0.1, 0.15) is 17.4 Å². The molecule has 0 aliphatic heterocycles. The molecule has 0 N–H and O–H groups in total. The number of hydrogen-bond acceptors (Lipinski definition) is 3. The Balaban J connectivity index is 2.09. The van der Waals surface area contributed by atoms with Crippen LogP contribution in [0.25, 0.3) is 0 Å². The number of alkyl halides is 1. The van der Waals surface area contributed by atoms with E-state index in [4.69, 9.17) is 4.74 Å². The summed E-state index contributed by atoms with van der Waals surface area (Å²) in [5.41, 5.74) is 2.42. The van der Waals surface area contributed by atoms with Crippen LogP contribution in [0.1, 0.15) is 16.1 Å². The number of rotatable bonds is 4. The minimum Gasteiger partial charge on any atom is -0.486 e. The highest BCUT2D eigenvalue weighted by atomic mass is 79.9. The Labute approximate surface area is 107 Å². The molecule has 0 spiro atoms. The van der Waals surface area contributed by atoms with Gasteiger partial charge in [0.2, 0.25) is 0 Å². The van der Waals surface area contributed by atoms with E-state index in [0.717, 1.165) is 16.1 Å². The van der Waals surface area contributed by atoms with Gasteiger partial charge in [-0.3, -0.25) is 0 Å². The van der Waals surface area contributed by atoms with Crippen molar-refractivity contribution < 1.29 is 4.74 Å². The van der Waals surface area contributed by atoms with Gasteiger partial charge < -0.3 is 4.74 Å². The highest BCUT2D eigenvalue weighted by molar-refractivity contribution is 9.08. The highest BCUT2D eigenvalue weighted by Crippen LogP contribution is 2.23. The van der Waals surface area contributed by atoms with Crippen LogP contribution in [0.5, 0.6) is 5.75 Å². The van der Waals surface area contributed by atoms with Crippen molar-refractivity contribution in [3.05, 3.63) is 45.9 Å². The van der Waals surface area contributed by atoms with E-state index in [1.807, 2.05) is 11.4 Å². The van der Waals surface area contributed by atoms with E-state index in [9.17, 15) is 0 Å². The molecule has 0 amide bonds. The molecule has 0 aliphatic carbocycles. The van der Waals surface area contributed by atoms with Crippen molar-refractivity contribution in [1.29, 1.82) is 0 Å². The number of hydrogen-bond donors (Lipinski definition) is 0. The third kappa shape index (κ3) is 2.83. The quantitative estimate of drug-likeness (QED) is 0.798. The third-order valence-electron chi connectivity index (χ3n) is 2.19. The zero-order chi connectivity index (χ0) is 11.4. The molecule has 0 bridgehead atoms. The molecule has 2 rings (SSSR count). The number of thiazole rings is 1. The van der Waals surface area contributed by atoms with Crippen molar-refractivity contribution in [3.8, 4) is 5.75 Å². The van der Waals surface area contributed by atoms with Crippen molar-refractivity contribution in [2.45, 2.75) is 18.9 Å². The maximum absolute atomic E-state index is 5.75. The molecule has 0 radical (unpaired) electrons. The number of benzene rings is 1. The number of ether oxygens (including phenoxy) is 1. The summed E-state index contributed by atoms with van der Waals surface area (Å²) < 4.78 is 5.75. The van der Waals surface area contributed by atoms with Crippen LogP contribution >= 0.6 is 27.3 Å². The summed E-state index contributed by atoms with van der Waals surface area (Å²) >= 11 is 5.08. The summed E-state index contributed by atoms with van der Waals surface area (Å²) in [6.07, 6.45) is 1.80. The monoisotopic (exact) mass is 297 g/mol. The van der Waals surface area contributed by atoms with Gasteiger partial charge in [0, 0.05) is 22.5 Å². The first-order valence-corrected chi connectivity index (χ1v) is 6.96. The van der Waals surface area contributed by atoms with Crippen LogP contribution in [-0.2, 0) is 11.9 Å². The van der Waals surface area contributed by atoms with Crippen molar-refractivity contribution >= 4 is 27.3 Å². The lowest BCUT2D eigenvalue weighted by atomic mass is 10.1. The van der Waals surface area contributed by atoms with Crippen LogP contribution in [0.15, 0.2) is 29.8 Å². The molecule has 0 saturated carbocycles. The van der Waals surface area contributed by atoms with E-state index in [-0.39, 0.29) is 0 Å². The minimum absolute atomic E-state index is 0.542. The Morgan fingerprint density at radius 2 is 2.31 bits per heavy atom. The maximum Gasteiger partial charge on any atom is 0.140 e. The lowest BCUT2D eigenvalue weighted by Gasteiger charge is -2.09. The zero-order valence-electron chi connectivity index (χ0n) is 8.94. The molecule has 1 heterocycles. The molecule has 84 valence electrons. The Bertz CT molecular complexity index is 456. The van der Waals surface area contributed by atoms with E-state index in [1.165, 1.54) is 11.1 Å².